The molecule has 2 atom stereocenters. The maximum Gasteiger partial charge on any atom is 0.285 e. The van der Waals surface area contributed by atoms with E-state index in [4.69, 9.17) is 18.9 Å². The zero-order valence-corrected chi connectivity index (χ0v) is 21.0. The summed E-state index contributed by atoms with van der Waals surface area (Å²) in [6.45, 7) is 13.4. The fraction of sp³-hybridized carbons (Fsp3) is 0.920. The Morgan fingerprint density at radius 2 is 1.42 bits per heavy atom. The molecule has 2 unspecified atom stereocenters. The predicted octanol–water partition coefficient (Wildman–Crippen LogP) is 5.40. The molecule has 0 heterocycles. The van der Waals surface area contributed by atoms with E-state index in [9.17, 15) is 5.11 Å². The highest BCUT2D eigenvalue weighted by Crippen LogP contribution is 2.34. The summed E-state index contributed by atoms with van der Waals surface area (Å²) >= 11 is 0. The van der Waals surface area contributed by atoms with E-state index in [0.717, 1.165) is 32.2 Å². The summed E-state index contributed by atoms with van der Waals surface area (Å²) in [6.07, 6.45) is 13.5. The molecule has 0 saturated heterocycles. The maximum atomic E-state index is 9.95. The second kappa shape index (κ2) is 21.2. The molecule has 6 heteroatoms. The normalized spacial score (nSPS) is 14.3. The molecule has 6 nitrogen and oxygen atoms in total. The first-order chi connectivity index (χ1) is 15.1. The summed E-state index contributed by atoms with van der Waals surface area (Å²) < 4.78 is 23.5. The largest absolute Gasteiger partial charge is 0.499 e. The van der Waals surface area contributed by atoms with Crippen LogP contribution < -0.4 is 5.32 Å². The van der Waals surface area contributed by atoms with Gasteiger partial charge in [-0.25, -0.2) is 0 Å². The SMILES string of the molecule is CC=COCC(O)CNCCCC(CCCCCCCC)C(OCC)(OCC)OCC. The van der Waals surface area contributed by atoms with Crippen LogP contribution in [0, 0.1) is 5.92 Å². The highest BCUT2D eigenvalue weighted by molar-refractivity contribution is 4.74. The molecule has 0 saturated carbocycles. The second-order valence-corrected chi connectivity index (χ2v) is 7.96. The van der Waals surface area contributed by atoms with Gasteiger partial charge in [-0.05, 0) is 53.5 Å². The molecule has 31 heavy (non-hydrogen) atoms. The van der Waals surface area contributed by atoms with Gasteiger partial charge in [-0.3, -0.25) is 0 Å². The molecular formula is C25H51NO5. The van der Waals surface area contributed by atoms with Gasteiger partial charge < -0.3 is 29.4 Å². The number of aliphatic hydroxyl groups is 1. The quantitative estimate of drug-likeness (QED) is 0.125. The molecular weight excluding hydrogens is 394 g/mol. The molecule has 0 aliphatic rings. The van der Waals surface area contributed by atoms with Crippen LogP contribution in [0.3, 0.4) is 0 Å². The first-order valence-electron chi connectivity index (χ1n) is 12.6. The summed E-state index contributed by atoms with van der Waals surface area (Å²) in [4.78, 5) is 0. The minimum atomic E-state index is -0.957. The van der Waals surface area contributed by atoms with Gasteiger partial charge in [-0.2, -0.15) is 0 Å². The Kier molecular flexibility index (Phi) is 20.7. The number of hydrogen-bond acceptors (Lipinski definition) is 6. The lowest BCUT2D eigenvalue weighted by atomic mass is 9.92. The number of hydrogen-bond donors (Lipinski definition) is 2. The fourth-order valence-electron chi connectivity index (χ4n) is 3.81. The summed E-state index contributed by atoms with van der Waals surface area (Å²) in [5.41, 5.74) is 0. The molecule has 0 aromatic heterocycles. The van der Waals surface area contributed by atoms with Crippen molar-refractivity contribution in [3.8, 4) is 0 Å². The molecule has 2 N–H and O–H groups in total. The van der Waals surface area contributed by atoms with Crippen molar-refractivity contribution in [1.82, 2.24) is 5.32 Å². The Balaban J connectivity index is 4.69. The summed E-state index contributed by atoms with van der Waals surface area (Å²) in [6, 6.07) is 0. The molecule has 0 fully saturated rings. The third kappa shape index (κ3) is 14.9. The maximum absolute atomic E-state index is 9.95. The van der Waals surface area contributed by atoms with Crippen LogP contribution in [0.25, 0.3) is 0 Å². The van der Waals surface area contributed by atoms with Gasteiger partial charge in [0.05, 0.1) is 6.26 Å². The molecule has 0 aliphatic heterocycles. The average molecular weight is 446 g/mol. The van der Waals surface area contributed by atoms with Crippen molar-refractivity contribution in [2.75, 3.05) is 39.5 Å². The zero-order valence-electron chi connectivity index (χ0n) is 21.0. The Morgan fingerprint density at radius 1 is 0.839 bits per heavy atom. The van der Waals surface area contributed by atoms with Crippen LogP contribution in [0.4, 0.5) is 0 Å². The Labute approximate surface area is 192 Å². The Bertz CT molecular complexity index is 388. The van der Waals surface area contributed by atoms with Crippen molar-refractivity contribution in [3.63, 3.8) is 0 Å². The number of aliphatic hydroxyl groups excluding tert-OH is 1. The van der Waals surface area contributed by atoms with E-state index >= 15 is 0 Å². The number of allylic oxidation sites excluding steroid dienone is 1. The van der Waals surface area contributed by atoms with Gasteiger partial charge >= 0.3 is 0 Å². The van der Waals surface area contributed by atoms with Crippen LogP contribution in [-0.2, 0) is 18.9 Å². The molecule has 0 aromatic carbocycles. The second-order valence-electron chi connectivity index (χ2n) is 7.96. The molecule has 0 radical (unpaired) electrons. The third-order valence-corrected chi connectivity index (χ3v) is 5.25. The fourth-order valence-corrected chi connectivity index (χ4v) is 3.81. The zero-order chi connectivity index (χ0) is 23.2. The van der Waals surface area contributed by atoms with Crippen molar-refractivity contribution >= 4 is 0 Å². The summed E-state index contributed by atoms with van der Waals surface area (Å²) in [5, 5.41) is 13.3. The van der Waals surface area contributed by atoms with E-state index in [-0.39, 0.29) is 5.92 Å². The van der Waals surface area contributed by atoms with Crippen molar-refractivity contribution in [3.05, 3.63) is 12.3 Å². The van der Waals surface area contributed by atoms with Gasteiger partial charge in [0.25, 0.3) is 5.97 Å². The lowest BCUT2D eigenvalue weighted by molar-refractivity contribution is -0.403. The van der Waals surface area contributed by atoms with Crippen LogP contribution in [0.5, 0.6) is 0 Å². The van der Waals surface area contributed by atoms with Gasteiger partial charge in [-0.15, -0.1) is 0 Å². The van der Waals surface area contributed by atoms with Crippen LogP contribution in [-0.4, -0.2) is 56.7 Å². The first kappa shape index (κ1) is 30.3. The molecule has 0 aliphatic carbocycles. The van der Waals surface area contributed by atoms with Crippen LogP contribution in [0.15, 0.2) is 12.3 Å². The lowest BCUT2D eigenvalue weighted by Gasteiger charge is -2.39. The van der Waals surface area contributed by atoms with E-state index in [2.05, 4.69) is 12.2 Å². The van der Waals surface area contributed by atoms with Gasteiger partial charge in [0.15, 0.2) is 0 Å². The van der Waals surface area contributed by atoms with Crippen LogP contribution in [0.1, 0.15) is 92.4 Å². The van der Waals surface area contributed by atoms with Crippen molar-refractivity contribution in [2.24, 2.45) is 5.92 Å². The molecule has 0 spiro atoms. The van der Waals surface area contributed by atoms with Crippen molar-refractivity contribution < 1.29 is 24.1 Å². The number of rotatable bonds is 23. The minimum absolute atomic E-state index is 0.184. The van der Waals surface area contributed by atoms with E-state index in [1.165, 1.54) is 32.1 Å². The van der Waals surface area contributed by atoms with E-state index in [0.29, 0.717) is 33.0 Å². The molecule has 0 rings (SSSR count). The topological polar surface area (TPSA) is 69.2 Å². The number of ether oxygens (including phenoxy) is 4. The van der Waals surface area contributed by atoms with Crippen LogP contribution in [0.2, 0.25) is 0 Å². The summed E-state index contributed by atoms with van der Waals surface area (Å²) in [5.74, 6) is -0.773. The first-order valence-corrected chi connectivity index (χ1v) is 12.6. The van der Waals surface area contributed by atoms with E-state index in [1.54, 1.807) is 6.26 Å². The van der Waals surface area contributed by atoms with E-state index < -0.39 is 12.1 Å². The average Bonchev–Trinajstić information content (AvgIpc) is 2.75. The highest BCUT2D eigenvalue weighted by atomic mass is 16.9. The molecule has 186 valence electrons. The van der Waals surface area contributed by atoms with E-state index in [1.807, 2.05) is 33.8 Å². The van der Waals surface area contributed by atoms with Crippen molar-refractivity contribution in [2.45, 2.75) is 104 Å². The molecule has 0 bridgehead atoms. The van der Waals surface area contributed by atoms with Gasteiger partial charge in [0, 0.05) is 32.3 Å². The number of nitrogens with one attached hydrogen (secondary N) is 1. The smallest absolute Gasteiger partial charge is 0.285 e. The third-order valence-electron chi connectivity index (χ3n) is 5.25. The Hall–Kier alpha value is -0.660. The standard InChI is InChI=1S/C25H51NO5/c1-6-11-12-13-14-15-17-23(25(29-8-3,30-9-4)31-10-5)18-16-19-26-21-24(27)22-28-20-7-2/h7,20,23-24,26-27H,6,8-19,21-22H2,1-5H3. The lowest BCUT2D eigenvalue weighted by Crippen LogP contribution is -2.47. The molecule has 0 aromatic rings. The van der Waals surface area contributed by atoms with Gasteiger partial charge in [0.1, 0.15) is 12.7 Å². The minimum Gasteiger partial charge on any atom is -0.499 e. The monoisotopic (exact) mass is 445 g/mol. The van der Waals surface area contributed by atoms with Crippen LogP contribution >= 0.6 is 0 Å². The predicted molar refractivity (Wildman–Crippen MR) is 128 cm³/mol. The van der Waals surface area contributed by atoms with Gasteiger partial charge in [0.2, 0.25) is 0 Å². The number of unbranched alkanes of at least 4 members (excludes halogenated alkanes) is 5. The van der Waals surface area contributed by atoms with Crippen molar-refractivity contribution in [1.29, 1.82) is 0 Å². The molecule has 0 amide bonds. The summed E-state index contributed by atoms with van der Waals surface area (Å²) in [7, 11) is 0. The van der Waals surface area contributed by atoms with Gasteiger partial charge in [-0.1, -0.05) is 51.5 Å². The Morgan fingerprint density at radius 3 is 2.00 bits per heavy atom. The highest BCUT2D eigenvalue weighted by Gasteiger charge is 2.41.